The highest BCUT2D eigenvalue weighted by Crippen LogP contribution is 2.17. The van der Waals surface area contributed by atoms with E-state index in [1.165, 1.54) is 0 Å². The second-order valence-corrected chi connectivity index (χ2v) is 3.14. The van der Waals surface area contributed by atoms with Crippen LogP contribution in [-0.2, 0) is 4.79 Å². The van der Waals surface area contributed by atoms with Gasteiger partial charge in [-0.2, -0.15) is 0 Å². The lowest BCUT2D eigenvalue weighted by molar-refractivity contribution is -0.136. The Hall–Kier alpha value is -1.71. The Morgan fingerprint density at radius 1 is 1.57 bits per heavy atom. The highest BCUT2D eigenvalue weighted by Gasteiger charge is 1.99. The van der Waals surface area contributed by atoms with Gasteiger partial charge in [-0.15, -0.1) is 0 Å². The van der Waals surface area contributed by atoms with E-state index in [0.717, 1.165) is 11.3 Å². The van der Waals surface area contributed by atoms with Gasteiger partial charge in [-0.25, -0.2) is 0 Å². The van der Waals surface area contributed by atoms with Gasteiger partial charge in [-0.05, 0) is 24.6 Å². The molecule has 0 aromatic heterocycles. The van der Waals surface area contributed by atoms with E-state index in [-0.39, 0.29) is 6.42 Å². The largest absolute Gasteiger partial charge is 0.481 e. The van der Waals surface area contributed by atoms with Crippen LogP contribution in [0, 0.1) is 6.92 Å². The normalized spacial score (nSPS) is 9.79. The number of nitrogen functional groups attached to an aromatic ring is 1. The Morgan fingerprint density at radius 2 is 2.29 bits per heavy atom. The zero-order valence-corrected chi connectivity index (χ0v) is 8.08. The zero-order valence-electron chi connectivity index (χ0n) is 8.08. The molecule has 0 saturated carbocycles. The molecule has 0 unspecified atom stereocenters. The van der Waals surface area contributed by atoms with Crippen molar-refractivity contribution in [3.8, 4) is 0 Å². The van der Waals surface area contributed by atoms with Gasteiger partial charge in [0, 0.05) is 17.9 Å². The van der Waals surface area contributed by atoms with Crippen molar-refractivity contribution >= 4 is 17.3 Å². The Balaban J connectivity index is 2.57. The van der Waals surface area contributed by atoms with E-state index >= 15 is 0 Å². The van der Waals surface area contributed by atoms with Gasteiger partial charge in [0.25, 0.3) is 0 Å². The van der Waals surface area contributed by atoms with Crippen LogP contribution in [0.1, 0.15) is 12.0 Å². The number of nitrogens with two attached hydrogens (primary N) is 1. The number of aryl methyl sites for hydroxylation is 1. The molecule has 14 heavy (non-hydrogen) atoms. The fourth-order valence-electron chi connectivity index (χ4n) is 1.13. The molecule has 1 rings (SSSR count). The number of benzene rings is 1. The molecule has 4 heteroatoms. The SMILES string of the molecule is Cc1ccc(N)cc1NCCC(=O)O. The molecule has 0 aliphatic rings. The van der Waals surface area contributed by atoms with E-state index in [1.807, 2.05) is 19.1 Å². The van der Waals surface area contributed by atoms with Gasteiger partial charge >= 0.3 is 5.97 Å². The van der Waals surface area contributed by atoms with Crippen molar-refractivity contribution < 1.29 is 9.90 Å². The lowest BCUT2D eigenvalue weighted by Gasteiger charge is -2.08. The van der Waals surface area contributed by atoms with Crippen molar-refractivity contribution in [1.82, 2.24) is 0 Å². The molecule has 76 valence electrons. The number of rotatable bonds is 4. The summed E-state index contributed by atoms with van der Waals surface area (Å²) in [5, 5.41) is 11.5. The van der Waals surface area contributed by atoms with Crippen LogP contribution >= 0.6 is 0 Å². The minimum Gasteiger partial charge on any atom is -0.481 e. The van der Waals surface area contributed by atoms with E-state index in [2.05, 4.69) is 5.32 Å². The third-order valence-electron chi connectivity index (χ3n) is 1.92. The number of carboxylic acid groups (broad SMARTS) is 1. The number of anilines is 2. The second-order valence-electron chi connectivity index (χ2n) is 3.14. The molecule has 0 bridgehead atoms. The maximum atomic E-state index is 10.3. The molecule has 0 heterocycles. The maximum absolute atomic E-state index is 10.3. The lowest BCUT2D eigenvalue weighted by atomic mass is 10.2. The molecule has 0 spiro atoms. The fourth-order valence-corrected chi connectivity index (χ4v) is 1.13. The Kier molecular flexibility index (Phi) is 3.34. The topological polar surface area (TPSA) is 75.3 Å². The van der Waals surface area contributed by atoms with Gasteiger partial charge in [0.05, 0.1) is 6.42 Å². The van der Waals surface area contributed by atoms with Gasteiger partial charge < -0.3 is 16.2 Å². The van der Waals surface area contributed by atoms with Crippen molar-refractivity contribution in [1.29, 1.82) is 0 Å². The van der Waals surface area contributed by atoms with Crippen LogP contribution in [-0.4, -0.2) is 17.6 Å². The molecule has 4 N–H and O–H groups in total. The molecule has 0 radical (unpaired) electrons. The molecule has 0 aliphatic heterocycles. The minimum absolute atomic E-state index is 0.105. The number of carbonyl (C=O) groups is 1. The van der Waals surface area contributed by atoms with Gasteiger partial charge in [0.15, 0.2) is 0 Å². The molecule has 0 fully saturated rings. The second kappa shape index (κ2) is 4.50. The highest BCUT2D eigenvalue weighted by molar-refractivity contribution is 5.68. The number of carboxylic acids is 1. The van der Waals surface area contributed by atoms with Gasteiger partial charge in [-0.3, -0.25) is 4.79 Å². The van der Waals surface area contributed by atoms with E-state index < -0.39 is 5.97 Å². The first kappa shape index (κ1) is 10.4. The van der Waals surface area contributed by atoms with E-state index in [4.69, 9.17) is 10.8 Å². The molecule has 1 aromatic rings. The van der Waals surface area contributed by atoms with Crippen LogP contribution in [0.3, 0.4) is 0 Å². The average Bonchev–Trinajstić information content (AvgIpc) is 2.10. The number of aliphatic carboxylic acids is 1. The average molecular weight is 194 g/mol. The van der Waals surface area contributed by atoms with Crippen molar-refractivity contribution in [2.24, 2.45) is 0 Å². The summed E-state index contributed by atoms with van der Waals surface area (Å²) in [5.41, 5.74) is 8.23. The first-order valence-corrected chi connectivity index (χ1v) is 4.41. The smallest absolute Gasteiger partial charge is 0.305 e. The summed E-state index contributed by atoms with van der Waals surface area (Å²) in [4.78, 5) is 10.3. The third-order valence-corrected chi connectivity index (χ3v) is 1.92. The highest BCUT2D eigenvalue weighted by atomic mass is 16.4. The van der Waals surface area contributed by atoms with Gasteiger partial charge in [0.2, 0.25) is 0 Å². The number of hydrogen-bond donors (Lipinski definition) is 3. The van der Waals surface area contributed by atoms with Crippen LogP contribution in [0.5, 0.6) is 0 Å². The summed E-state index contributed by atoms with van der Waals surface area (Å²) in [6, 6.07) is 5.52. The number of hydrogen-bond acceptors (Lipinski definition) is 3. The molecule has 0 amide bonds. The quantitative estimate of drug-likeness (QED) is 0.634. The fraction of sp³-hybridized carbons (Fsp3) is 0.300. The maximum Gasteiger partial charge on any atom is 0.305 e. The van der Waals surface area contributed by atoms with Gasteiger partial charge in [-0.1, -0.05) is 6.07 Å². The van der Waals surface area contributed by atoms with E-state index in [0.29, 0.717) is 12.2 Å². The molecule has 1 aromatic carbocycles. The lowest BCUT2D eigenvalue weighted by Crippen LogP contribution is -2.08. The zero-order chi connectivity index (χ0) is 10.6. The summed E-state index contributed by atoms with van der Waals surface area (Å²) < 4.78 is 0. The van der Waals surface area contributed by atoms with Crippen molar-refractivity contribution in [3.05, 3.63) is 23.8 Å². The molecule has 0 atom stereocenters. The Bertz CT molecular complexity index is 337. The molecule has 4 nitrogen and oxygen atoms in total. The Labute approximate surface area is 82.7 Å². The predicted molar refractivity (Wildman–Crippen MR) is 56.3 cm³/mol. The van der Waals surface area contributed by atoms with Crippen LogP contribution in [0.4, 0.5) is 11.4 Å². The van der Waals surface area contributed by atoms with Crippen molar-refractivity contribution in [2.45, 2.75) is 13.3 Å². The van der Waals surface area contributed by atoms with Crippen molar-refractivity contribution in [3.63, 3.8) is 0 Å². The van der Waals surface area contributed by atoms with Crippen molar-refractivity contribution in [2.75, 3.05) is 17.6 Å². The predicted octanol–water partition coefficient (Wildman–Crippen LogP) is 1.46. The van der Waals surface area contributed by atoms with Gasteiger partial charge in [0.1, 0.15) is 0 Å². The van der Waals surface area contributed by atoms with E-state index in [1.54, 1.807) is 6.07 Å². The summed E-state index contributed by atoms with van der Waals surface area (Å²) in [7, 11) is 0. The Morgan fingerprint density at radius 3 is 2.93 bits per heavy atom. The first-order valence-electron chi connectivity index (χ1n) is 4.41. The minimum atomic E-state index is -0.806. The number of nitrogens with one attached hydrogen (secondary N) is 1. The standard InChI is InChI=1S/C10H14N2O2/c1-7-2-3-8(11)6-9(7)12-5-4-10(13)14/h2-3,6,12H,4-5,11H2,1H3,(H,13,14). The summed E-state index contributed by atoms with van der Waals surface area (Å²) in [5.74, 6) is -0.806. The van der Waals surface area contributed by atoms with Crippen LogP contribution in [0.25, 0.3) is 0 Å². The molecular formula is C10H14N2O2. The summed E-state index contributed by atoms with van der Waals surface area (Å²) >= 11 is 0. The first-order chi connectivity index (χ1) is 6.59. The molecule has 0 aliphatic carbocycles. The summed E-state index contributed by atoms with van der Waals surface area (Å²) in [6.07, 6.45) is 0.105. The third kappa shape index (κ3) is 2.97. The van der Waals surface area contributed by atoms with Crippen LogP contribution in [0.15, 0.2) is 18.2 Å². The van der Waals surface area contributed by atoms with Crippen LogP contribution in [0.2, 0.25) is 0 Å². The van der Waals surface area contributed by atoms with E-state index in [9.17, 15) is 4.79 Å². The molecule has 0 saturated heterocycles. The van der Waals surface area contributed by atoms with Crippen LogP contribution < -0.4 is 11.1 Å². The summed E-state index contributed by atoms with van der Waals surface area (Å²) in [6.45, 7) is 2.36. The monoisotopic (exact) mass is 194 g/mol. The molecular weight excluding hydrogens is 180 g/mol.